The lowest BCUT2D eigenvalue weighted by molar-refractivity contribution is -0.0848. The third-order valence-corrected chi connectivity index (χ3v) is 9.57. The summed E-state index contributed by atoms with van der Waals surface area (Å²) in [5.74, 6) is 3.16. The number of hydrogen-bond acceptors (Lipinski definition) is 4. The number of morpholine rings is 1. The van der Waals surface area contributed by atoms with Gasteiger partial charge in [0.25, 0.3) is 0 Å². The summed E-state index contributed by atoms with van der Waals surface area (Å²) in [6.45, 7) is 5.98. The molecule has 4 bridgehead atoms. The third-order valence-electron chi connectivity index (χ3n) is 7.54. The fourth-order valence-corrected chi connectivity index (χ4v) is 8.05. The molecule has 0 spiro atoms. The van der Waals surface area contributed by atoms with Gasteiger partial charge in [-0.15, -0.1) is 4.40 Å². The molecule has 0 radical (unpaired) electrons. The van der Waals surface area contributed by atoms with Crippen LogP contribution in [0.3, 0.4) is 0 Å². The Morgan fingerprint density at radius 2 is 1.81 bits per heavy atom. The lowest BCUT2D eigenvalue weighted by atomic mass is 9.50. The fraction of sp³-hybridized carbons (Fsp3) is 0.682. The van der Waals surface area contributed by atoms with Gasteiger partial charge in [0, 0.05) is 36.5 Å². The zero-order valence-electron chi connectivity index (χ0n) is 18.2. The highest BCUT2D eigenvalue weighted by atomic mass is 79.9. The number of guanidine groups is 1. The minimum Gasteiger partial charge on any atom is -0.492 e. The van der Waals surface area contributed by atoms with E-state index in [1.807, 2.05) is 0 Å². The highest BCUT2D eigenvalue weighted by Gasteiger charge is 2.51. The van der Waals surface area contributed by atoms with Crippen LogP contribution in [0.25, 0.3) is 0 Å². The Morgan fingerprint density at radius 1 is 1.22 bits per heavy atom. The average Bonchev–Trinajstić information content (AvgIpc) is 2.73. The summed E-state index contributed by atoms with van der Waals surface area (Å²) in [5.41, 5.74) is 6.86. The molecule has 2 N–H and O–H groups in total. The molecule has 0 aromatic heterocycles. The van der Waals surface area contributed by atoms with Crippen LogP contribution in [0.5, 0.6) is 0 Å². The van der Waals surface area contributed by atoms with Crippen molar-refractivity contribution in [3.05, 3.63) is 34.8 Å². The molecule has 0 unspecified atom stereocenters. The first-order valence-electron chi connectivity index (χ1n) is 11.4. The molecule has 0 amide bonds. The molecule has 4 aliphatic carbocycles. The van der Waals surface area contributed by atoms with Crippen molar-refractivity contribution >= 4 is 32.1 Å². The molecular formula is C22H31BrN4O4S. The van der Waals surface area contributed by atoms with Crippen LogP contribution in [0.2, 0.25) is 0 Å². The minimum absolute atomic E-state index is 0.158. The Balaban J connectivity index is 1.25. The van der Waals surface area contributed by atoms with Crippen LogP contribution in [0.15, 0.2) is 39.2 Å². The first-order valence-corrected chi connectivity index (χ1v) is 13.6. The van der Waals surface area contributed by atoms with Crippen molar-refractivity contribution in [2.75, 3.05) is 32.9 Å². The van der Waals surface area contributed by atoms with E-state index < -0.39 is 10.2 Å². The lowest BCUT2D eigenvalue weighted by Gasteiger charge is -2.56. The predicted octanol–water partition coefficient (Wildman–Crippen LogP) is 3.06. The standard InChI is InChI=1S/C22H31BrN4O4S/c1-15-6-20(31-14-22-10-16-7-17(11-22)9-18(8-16)12-22)19(23)13-27(15)21(24)25-32(28,29)26-2-4-30-5-3-26/h6,13,16-18H,1-5,7-12,14H2,(H2,24,25). The molecule has 176 valence electrons. The van der Waals surface area contributed by atoms with Crippen LogP contribution >= 0.6 is 15.9 Å². The molecule has 32 heavy (non-hydrogen) atoms. The zero-order chi connectivity index (χ0) is 22.5. The highest BCUT2D eigenvalue weighted by Crippen LogP contribution is 2.60. The second-order valence-corrected chi connectivity index (χ2v) is 12.4. The second kappa shape index (κ2) is 8.45. The van der Waals surface area contributed by atoms with Gasteiger partial charge in [-0.2, -0.15) is 12.7 Å². The van der Waals surface area contributed by atoms with Gasteiger partial charge < -0.3 is 15.2 Å². The van der Waals surface area contributed by atoms with E-state index in [1.54, 1.807) is 12.3 Å². The molecule has 0 aromatic rings. The SMILES string of the molecule is C=C1C=C(OCC23CC4CC(CC(C4)C2)C3)C(Br)=CN1C(N)=NS(=O)(=O)N1CCOCC1. The number of nitrogens with two attached hydrogens (primary N) is 1. The first kappa shape index (κ1) is 22.4. The molecule has 10 heteroatoms. The van der Waals surface area contributed by atoms with E-state index in [4.69, 9.17) is 15.2 Å². The zero-order valence-corrected chi connectivity index (χ0v) is 20.6. The summed E-state index contributed by atoms with van der Waals surface area (Å²) in [7, 11) is -3.89. The maximum absolute atomic E-state index is 12.6. The largest absolute Gasteiger partial charge is 0.492 e. The van der Waals surface area contributed by atoms with Crippen molar-refractivity contribution in [1.82, 2.24) is 9.21 Å². The van der Waals surface area contributed by atoms with Gasteiger partial charge in [0.1, 0.15) is 5.76 Å². The Kier molecular flexibility index (Phi) is 5.92. The van der Waals surface area contributed by atoms with Crippen molar-refractivity contribution in [2.45, 2.75) is 38.5 Å². The van der Waals surface area contributed by atoms with E-state index >= 15 is 0 Å². The second-order valence-electron chi connectivity index (χ2n) is 9.99. The highest BCUT2D eigenvalue weighted by molar-refractivity contribution is 9.11. The molecule has 0 atom stereocenters. The molecule has 0 aromatic carbocycles. The van der Waals surface area contributed by atoms with Crippen LogP contribution < -0.4 is 5.73 Å². The van der Waals surface area contributed by atoms with E-state index in [1.165, 1.54) is 47.7 Å². The van der Waals surface area contributed by atoms with Crippen molar-refractivity contribution in [3.63, 3.8) is 0 Å². The minimum atomic E-state index is -3.89. The number of nitrogens with zero attached hydrogens (tertiary/aromatic N) is 3. The van der Waals surface area contributed by atoms with Crippen LogP contribution in [0.4, 0.5) is 0 Å². The summed E-state index contributed by atoms with van der Waals surface area (Å²) in [4.78, 5) is 1.46. The summed E-state index contributed by atoms with van der Waals surface area (Å²) in [5, 5.41) is 0. The lowest BCUT2D eigenvalue weighted by Crippen LogP contribution is -2.48. The topological polar surface area (TPSA) is 97.5 Å². The molecule has 1 saturated heterocycles. The average molecular weight is 527 g/mol. The van der Waals surface area contributed by atoms with E-state index in [9.17, 15) is 8.42 Å². The van der Waals surface area contributed by atoms with Gasteiger partial charge in [0.15, 0.2) is 0 Å². The van der Waals surface area contributed by atoms with Gasteiger partial charge in [-0.1, -0.05) is 6.58 Å². The van der Waals surface area contributed by atoms with E-state index in [0.29, 0.717) is 41.2 Å². The van der Waals surface area contributed by atoms with Gasteiger partial charge in [0.05, 0.1) is 24.3 Å². The fourth-order valence-electron chi connectivity index (χ4n) is 6.57. The van der Waals surface area contributed by atoms with Crippen LogP contribution in [0.1, 0.15) is 38.5 Å². The first-order chi connectivity index (χ1) is 15.2. The number of ether oxygens (including phenoxy) is 2. The molecule has 4 saturated carbocycles. The monoisotopic (exact) mass is 526 g/mol. The van der Waals surface area contributed by atoms with Crippen LogP contribution in [-0.2, 0) is 19.7 Å². The van der Waals surface area contributed by atoms with Gasteiger partial charge in [-0.3, -0.25) is 4.90 Å². The molecule has 6 rings (SSSR count). The number of rotatable bonds is 5. The van der Waals surface area contributed by atoms with E-state index in [2.05, 4.69) is 26.9 Å². The normalized spacial score (nSPS) is 35.7. The Hall–Kier alpha value is -1.36. The van der Waals surface area contributed by atoms with Crippen molar-refractivity contribution < 1.29 is 17.9 Å². The molecule has 6 aliphatic rings. The predicted molar refractivity (Wildman–Crippen MR) is 126 cm³/mol. The van der Waals surface area contributed by atoms with Crippen LogP contribution in [0, 0.1) is 23.2 Å². The van der Waals surface area contributed by atoms with Crippen LogP contribution in [-0.4, -0.2) is 56.5 Å². The molecule has 2 heterocycles. The van der Waals surface area contributed by atoms with Crippen molar-refractivity contribution in [3.8, 4) is 0 Å². The van der Waals surface area contributed by atoms with E-state index in [0.717, 1.165) is 17.8 Å². The van der Waals surface area contributed by atoms with E-state index in [-0.39, 0.29) is 19.0 Å². The smallest absolute Gasteiger partial charge is 0.325 e. The Bertz CT molecular complexity index is 949. The quantitative estimate of drug-likeness (QED) is 0.436. The molecule has 5 fully saturated rings. The summed E-state index contributed by atoms with van der Waals surface area (Å²) in [6, 6.07) is 0. The summed E-state index contributed by atoms with van der Waals surface area (Å²) < 4.78 is 42.4. The molecular weight excluding hydrogens is 496 g/mol. The maximum atomic E-state index is 12.6. The number of allylic oxidation sites excluding steroid dienone is 2. The van der Waals surface area contributed by atoms with Crippen molar-refractivity contribution in [2.24, 2.45) is 33.3 Å². The molecule has 8 nitrogen and oxygen atoms in total. The summed E-state index contributed by atoms with van der Waals surface area (Å²) in [6.07, 6.45) is 11.5. The van der Waals surface area contributed by atoms with Gasteiger partial charge in [-0.05, 0) is 72.2 Å². The van der Waals surface area contributed by atoms with Gasteiger partial charge >= 0.3 is 10.2 Å². The van der Waals surface area contributed by atoms with Gasteiger partial charge in [-0.25, -0.2) is 0 Å². The van der Waals surface area contributed by atoms with Crippen molar-refractivity contribution in [1.29, 1.82) is 0 Å². The molecule has 2 aliphatic heterocycles. The Morgan fingerprint density at radius 3 is 2.41 bits per heavy atom. The number of hydrogen-bond donors (Lipinski definition) is 1. The number of halogens is 1. The Labute approximate surface area is 198 Å². The summed E-state index contributed by atoms with van der Waals surface area (Å²) >= 11 is 3.56. The van der Waals surface area contributed by atoms with Gasteiger partial charge in [0.2, 0.25) is 5.96 Å². The maximum Gasteiger partial charge on any atom is 0.325 e. The third kappa shape index (κ3) is 4.38.